The number of nitrogens with one attached hydrogen (secondary N) is 1. The number of carbonyl (C=O) groups is 1. The van der Waals surface area contributed by atoms with Crippen molar-refractivity contribution in [2.75, 3.05) is 0 Å². The highest BCUT2D eigenvalue weighted by Gasteiger charge is 2.23. The van der Waals surface area contributed by atoms with Gasteiger partial charge in [-0.2, -0.15) is 0 Å². The number of nitrogens with zero attached hydrogens (tertiary/aromatic N) is 3. The van der Waals surface area contributed by atoms with Gasteiger partial charge in [0.2, 0.25) is 0 Å². The van der Waals surface area contributed by atoms with E-state index in [2.05, 4.69) is 15.5 Å². The van der Waals surface area contributed by atoms with Crippen LogP contribution in [0.3, 0.4) is 0 Å². The van der Waals surface area contributed by atoms with Crippen LogP contribution in [0.15, 0.2) is 71.2 Å². The van der Waals surface area contributed by atoms with Gasteiger partial charge in [0.25, 0.3) is 5.91 Å². The molecule has 0 bridgehead atoms. The van der Waals surface area contributed by atoms with E-state index in [1.54, 1.807) is 23.1 Å². The lowest BCUT2D eigenvalue weighted by atomic mass is 10.1. The maximum atomic E-state index is 12.2. The van der Waals surface area contributed by atoms with Crippen molar-refractivity contribution in [1.82, 2.24) is 20.1 Å². The minimum atomic E-state index is 0.00277. The Kier molecular flexibility index (Phi) is 5.80. The van der Waals surface area contributed by atoms with E-state index in [0.29, 0.717) is 22.4 Å². The van der Waals surface area contributed by atoms with Gasteiger partial charge in [-0.05, 0) is 60.2 Å². The summed E-state index contributed by atoms with van der Waals surface area (Å²) in [6.07, 6.45) is 2.17. The van der Waals surface area contributed by atoms with E-state index in [4.69, 9.17) is 11.6 Å². The molecule has 1 aliphatic rings. The van der Waals surface area contributed by atoms with Gasteiger partial charge in [-0.25, -0.2) is 0 Å². The van der Waals surface area contributed by atoms with Gasteiger partial charge in [0.15, 0.2) is 11.0 Å². The van der Waals surface area contributed by atoms with Crippen LogP contribution in [0.4, 0.5) is 0 Å². The quantitative estimate of drug-likeness (QED) is 0.348. The summed E-state index contributed by atoms with van der Waals surface area (Å²) in [5, 5.41) is 15.4. The minimum Gasteiger partial charge on any atom is -0.349 e. The summed E-state index contributed by atoms with van der Waals surface area (Å²) < 4.78 is 2.04. The third-order valence-corrected chi connectivity index (χ3v) is 7.04. The molecule has 1 fully saturated rings. The Balaban J connectivity index is 1.37. The van der Waals surface area contributed by atoms with Crippen LogP contribution in [0, 0.1) is 0 Å². The molecule has 0 radical (unpaired) electrons. The Morgan fingerprint density at radius 2 is 1.97 bits per heavy atom. The highest BCUT2D eigenvalue weighted by molar-refractivity contribution is 7.98. The molecule has 8 heteroatoms. The fourth-order valence-corrected chi connectivity index (χ4v) is 4.96. The third kappa shape index (κ3) is 4.69. The summed E-state index contributed by atoms with van der Waals surface area (Å²) in [6, 6.07) is 19.9. The molecule has 1 N–H and O–H groups in total. The molecule has 2 aromatic heterocycles. The fourth-order valence-electron chi connectivity index (χ4n) is 3.17. The molecule has 0 spiro atoms. The number of carbonyl (C=O) groups excluding carboxylic acids is 1. The molecule has 4 aromatic rings. The first kappa shape index (κ1) is 20.3. The molecular formula is C23H19ClN4OS2. The lowest BCUT2D eigenvalue weighted by Crippen LogP contribution is -2.25. The number of halogens is 1. The van der Waals surface area contributed by atoms with Gasteiger partial charge in [-0.1, -0.05) is 47.6 Å². The van der Waals surface area contributed by atoms with Gasteiger partial charge in [-0.15, -0.1) is 21.5 Å². The van der Waals surface area contributed by atoms with Gasteiger partial charge in [-0.3, -0.25) is 9.36 Å². The van der Waals surface area contributed by atoms with Gasteiger partial charge in [0.1, 0.15) is 0 Å². The summed E-state index contributed by atoms with van der Waals surface area (Å²) in [4.78, 5) is 13.2. The van der Waals surface area contributed by atoms with Crippen LogP contribution < -0.4 is 5.32 Å². The number of rotatable bonds is 7. The Hall–Kier alpha value is -2.61. The molecular weight excluding hydrogens is 448 g/mol. The van der Waals surface area contributed by atoms with Crippen molar-refractivity contribution < 1.29 is 4.79 Å². The summed E-state index contributed by atoms with van der Waals surface area (Å²) in [6.45, 7) is 0. The van der Waals surface area contributed by atoms with Crippen molar-refractivity contribution in [3.05, 3.63) is 82.2 Å². The fraction of sp³-hybridized carbons (Fsp3) is 0.174. The Labute approximate surface area is 193 Å². The van der Waals surface area contributed by atoms with E-state index in [-0.39, 0.29) is 5.91 Å². The predicted molar refractivity (Wildman–Crippen MR) is 126 cm³/mol. The van der Waals surface area contributed by atoms with Crippen molar-refractivity contribution >= 4 is 40.6 Å². The van der Waals surface area contributed by atoms with E-state index in [1.807, 2.05) is 70.6 Å². The van der Waals surface area contributed by atoms with Crippen molar-refractivity contribution in [2.24, 2.45) is 0 Å². The number of benzene rings is 2. The van der Waals surface area contributed by atoms with Gasteiger partial charge >= 0.3 is 0 Å². The van der Waals surface area contributed by atoms with Crippen molar-refractivity contribution in [1.29, 1.82) is 0 Å². The highest BCUT2D eigenvalue weighted by Crippen LogP contribution is 2.32. The first-order chi connectivity index (χ1) is 15.2. The van der Waals surface area contributed by atoms with E-state index in [9.17, 15) is 4.79 Å². The van der Waals surface area contributed by atoms with Crippen LogP contribution in [0.1, 0.15) is 28.8 Å². The predicted octanol–water partition coefficient (Wildman–Crippen LogP) is 5.83. The normalized spacial score (nSPS) is 13.3. The highest BCUT2D eigenvalue weighted by atomic mass is 35.5. The first-order valence-electron chi connectivity index (χ1n) is 9.95. The monoisotopic (exact) mass is 466 g/mol. The van der Waals surface area contributed by atoms with Crippen LogP contribution in [0.2, 0.25) is 5.02 Å². The molecule has 5 nitrogen and oxygen atoms in total. The summed E-state index contributed by atoms with van der Waals surface area (Å²) in [5.74, 6) is 1.52. The molecule has 1 saturated carbocycles. The smallest absolute Gasteiger partial charge is 0.251 e. The minimum absolute atomic E-state index is 0.00277. The molecule has 2 aromatic carbocycles. The number of hydrogen-bond donors (Lipinski definition) is 1. The SMILES string of the molecule is O=C(NC1CC1)c1ccc(CSc2nnc(-c3cccs3)n2-c2cccc(Cl)c2)cc1. The Morgan fingerprint density at radius 1 is 1.13 bits per heavy atom. The zero-order chi connectivity index (χ0) is 21.2. The van der Waals surface area contributed by atoms with Crippen LogP contribution in [0.25, 0.3) is 16.4 Å². The maximum absolute atomic E-state index is 12.2. The number of thiophene rings is 1. The maximum Gasteiger partial charge on any atom is 0.251 e. The number of aromatic nitrogens is 3. The first-order valence-corrected chi connectivity index (χ1v) is 12.2. The molecule has 0 unspecified atom stereocenters. The van der Waals surface area contributed by atoms with E-state index in [0.717, 1.165) is 40.0 Å². The van der Waals surface area contributed by atoms with Crippen molar-refractivity contribution in [3.63, 3.8) is 0 Å². The topological polar surface area (TPSA) is 59.8 Å². The molecule has 1 amide bonds. The average molecular weight is 467 g/mol. The molecule has 5 rings (SSSR count). The van der Waals surface area contributed by atoms with Crippen LogP contribution in [-0.2, 0) is 5.75 Å². The molecule has 1 aliphatic carbocycles. The van der Waals surface area contributed by atoms with Crippen LogP contribution >= 0.6 is 34.7 Å². The standard InChI is InChI=1S/C23H19ClN4OS2/c24-17-3-1-4-19(13-17)28-21(20-5-2-12-30-20)26-27-23(28)31-14-15-6-8-16(9-7-15)22(29)25-18-10-11-18/h1-9,12-13,18H,10-11,14H2,(H,25,29). The zero-order valence-corrected chi connectivity index (χ0v) is 18.9. The zero-order valence-electron chi connectivity index (χ0n) is 16.5. The van der Waals surface area contributed by atoms with E-state index < -0.39 is 0 Å². The lowest BCUT2D eigenvalue weighted by molar-refractivity contribution is 0.0951. The second-order valence-corrected chi connectivity index (χ2v) is 9.66. The van der Waals surface area contributed by atoms with Gasteiger partial charge in [0, 0.05) is 22.4 Å². The molecule has 0 saturated heterocycles. The third-order valence-electron chi connectivity index (χ3n) is 4.94. The van der Waals surface area contributed by atoms with Gasteiger partial charge in [0.05, 0.1) is 10.6 Å². The molecule has 31 heavy (non-hydrogen) atoms. The summed E-state index contributed by atoms with van der Waals surface area (Å²) in [7, 11) is 0. The van der Waals surface area contributed by atoms with E-state index >= 15 is 0 Å². The molecule has 0 aliphatic heterocycles. The van der Waals surface area contributed by atoms with Gasteiger partial charge < -0.3 is 5.32 Å². The lowest BCUT2D eigenvalue weighted by Gasteiger charge is -2.10. The molecule has 2 heterocycles. The van der Waals surface area contributed by atoms with Crippen LogP contribution in [-0.4, -0.2) is 26.7 Å². The Bertz CT molecular complexity index is 1200. The number of thioether (sulfide) groups is 1. The average Bonchev–Trinajstić information content (AvgIpc) is 3.26. The second-order valence-electron chi connectivity index (χ2n) is 7.33. The second kappa shape index (κ2) is 8.86. The van der Waals surface area contributed by atoms with Crippen molar-refractivity contribution in [2.45, 2.75) is 29.8 Å². The molecule has 0 atom stereocenters. The molecule has 156 valence electrons. The number of amides is 1. The van der Waals surface area contributed by atoms with Crippen molar-refractivity contribution in [3.8, 4) is 16.4 Å². The Morgan fingerprint density at radius 3 is 2.68 bits per heavy atom. The number of hydrogen-bond acceptors (Lipinski definition) is 5. The largest absolute Gasteiger partial charge is 0.349 e. The summed E-state index contributed by atoms with van der Waals surface area (Å²) >= 11 is 9.48. The summed E-state index contributed by atoms with van der Waals surface area (Å²) in [5.41, 5.74) is 2.74. The van der Waals surface area contributed by atoms with E-state index in [1.165, 1.54) is 0 Å². The van der Waals surface area contributed by atoms with Crippen LogP contribution in [0.5, 0.6) is 0 Å².